The van der Waals surface area contributed by atoms with Crippen LogP contribution in [0.5, 0.6) is 5.75 Å². The lowest BCUT2D eigenvalue weighted by atomic mass is 10.1. The Labute approximate surface area is 117 Å². The second-order valence-electron chi connectivity index (χ2n) is 3.99. The zero-order chi connectivity index (χ0) is 13.7. The van der Waals surface area contributed by atoms with Crippen LogP contribution in [0.2, 0.25) is 0 Å². The maximum atomic E-state index is 9.86. The van der Waals surface area contributed by atoms with Crippen LogP contribution in [-0.4, -0.2) is 29.4 Å². The molecule has 0 atom stereocenters. The molecule has 5 heteroatoms. The van der Waals surface area contributed by atoms with Crippen molar-refractivity contribution >= 4 is 28.4 Å². The van der Waals surface area contributed by atoms with E-state index >= 15 is 0 Å². The second-order valence-corrected chi connectivity index (χ2v) is 4.86. The van der Waals surface area contributed by atoms with Gasteiger partial charge in [-0.05, 0) is 32.0 Å². The molecule has 0 saturated carbocycles. The lowest BCUT2D eigenvalue weighted by Gasteiger charge is -2.21. The van der Waals surface area contributed by atoms with Gasteiger partial charge >= 0.3 is 0 Å². The first kappa shape index (κ1) is 13.5. The molecule has 1 aromatic carbocycles. The number of hydrogen-bond donors (Lipinski definition) is 1. The molecule has 0 aliphatic heterocycles. The van der Waals surface area contributed by atoms with Crippen molar-refractivity contribution in [1.82, 2.24) is 4.98 Å². The minimum absolute atomic E-state index is 0.233. The van der Waals surface area contributed by atoms with Gasteiger partial charge in [-0.15, -0.1) is 11.3 Å². The Balaban J connectivity index is 2.27. The van der Waals surface area contributed by atoms with Gasteiger partial charge in [-0.2, -0.15) is 0 Å². The van der Waals surface area contributed by atoms with Crippen LogP contribution in [0.15, 0.2) is 34.8 Å². The Morgan fingerprint density at radius 2 is 2.16 bits per heavy atom. The molecule has 0 radical (unpaired) electrons. The molecule has 0 saturated heterocycles. The summed E-state index contributed by atoms with van der Waals surface area (Å²) in [6.45, 7) is 6.09. The molecule has 1 N–H and O–H groups in total. The van der Waals surface area contributed by atoms with Crippen molar-refractivity contribution < 1.29 is 5.11 Å². The first-order valence-corrected chi connectivity index (χ1v) is 7.14. The fraction of sp³-hybridized carbons (Fsp3) is 0.286. The van der Waals surface area contributed by atoms with E-state index < -0.39 is 0 Å². The predicted octanol–water partition coefficient (Wildman–Crippen LogP) is 3.45. The highest BCUT2D eigenvalue weighted by atomic mass is 32.1. The Bertz CT molecular complexity index is 548. The van der Waals surface area contributed by atoms with Gasteiger partial charge in [0.05, 0.1) is 0 Å². The molecule has 0 amide bonds. The summed E-state index contributed by atoms with van der Waals surface area (Å²) in [5, 5.41) is 12.4. The summed E-state index contributed by atoms with van der Waals surface area (Å²) >= 11 is 1.47. The quantitative estimate of drug-likeness (QED) is 0.850. The summed E-state index contributed by atoms with van der Waals surface area (Å²) in [5.41, 5.74) is 1.79. The number of rotatable bonds is 5. The van der Waals surface area contributed by atoms with Crippen molar-refractivity contribution in [2.24, 2.45) is 4.99 Å². The third kappa shape index (κ3) is 3.32. The molecule has 19 heavy (non-hydrogen) atoms. The summed E-state index contributed by atoms with van der Waals surface area (Å²) in [6.07, 6.45) is 3.37. The number of aromatic nitrogens is 1. The predicted molar refractivity (Wildman–Crippen MR) is 81.0 cm³/mol. The third-order valence-electron chi connectivity index (χ3n) is 2.87. The average molecular weight is 275 g/mol. The van der Waals surface area contributed by atoms with Crippen molar-refractivity contribution in [3.8, 4) is 5.75 Å². The smallest absolute Gasteiger partial charge is 0.209 e. The molecule has 0 aliphatic carbocycles. The van der Waals surface area contributed by atoms with Crippen molar-refractivity contribution in [2.75, 3.05) is 18.0 Å². The molecule has 0 unspecified atom stereocenters. The van der Waals surface area contributed by atoms with Crippen LogP contribution in [0.1, 0.15) is 19.4 Å². The highest BCUT2D eigenvalue weighted by molar-refractivity contribution is 7.13. The topological polar surface area (TPSA) is 48.7 Å². The van der Waals surface area contributed by atoms with E-state index in [0.29, 0.717) is 10.7 Å². The molecule has 2 rings (SSSR count). The summed E-state index contributed by atoms with van der Waals surface area (Å²) in [5.74, 6) is 0.233. The van der Waals surface area contributed by atoms with Crippen molar-refractivity contribution in [3.63, 3.8) is 0 Å². The molecule has 0 spiro atoms. The Kier molecular flexibility index (Phi) is 4.52. The van der Waals surface area contributed by atoms with E-state index in [-0.39, 0.29) is 5.75 Å². The molecule has 100 valence electrons. The molecule has 0 aliphatic rings. The van der Waals surface area contributed by atoms with Crippen LogP contribution in [-0.2, 0) is 0 Å². The van der Waals surface area contributed by atoms with Crippen LogP contribution in [0.25, 0.3) is 0 Å². The van der Waals surface area contributed by atoms with Crippen molar-refractivity contribution in [1.29, 1.82) is 0 Å². The van der Waals surface area contributed by atoms with Crippen molar-refractivity contribution in [3.05, 3.63) is 35.3 Å². The van der Waals surface area contributed by atoms with Crippen LogP contribution >= 0.6 is 11.3 Å². The monoisotopic (exact) mass is 275 g/mol. The minimum atomic E-state index is 0.233. The van der Waals surface area contributed by atoms with Crippen LogP contribution in [0.3, 0.4) is 0 Å². The maximum absolute atomic E-state index is 9.86. The van der Waals surface area contributed by atoms with E-state index in [1.807, 2.05) is 17.5 Å². The summed E-state index contributed by atoms with van der Waals surface area (Å²) in [4.78, 5) is 10.6. The number of thiazole rings is 1. The number of phenolic OH excluding ortho intramolecular Hbond substituents is 1. The number of phenols is 1. The minimum Gasteiger partial charge on any atom is -0.507 e. The molecule has 2 aromatic rings. The fourth-order valence-corrected chi connectivity index (χ4v) is 2.31. The highest BCUT2D eigenvalue weighted by Gasteiger charge is 2.05. The zero-order valence-electron chi connectivity index (χ0n) is 11.1. The van der Waals surface area contributed by atoms with E-state index in [9.17, 15) is 5.11 Å². The Morgan fingerprint density at radius 1 is 1.37 bits per heavy atom. The highest BCUT2D eigenvalue weighted by Crippen LogP contribution is 2.24. The fourth-order valence-electron chi connectivity index (χ4n) is 1.84. The first-order chi connectivity index (χ1) is 9.24. The summed E-state index contributed by atoms with van der Waals surface area (Å²) < 4.78 is 0. The molecule has 4 nitrogen and oxygen atoms in total. The third-order valence-corrected chi connectivity index (χ3v) is 3.55. The van der Waals surface area contributed by atoms with Gasteiger partial charge in [0.15, 0.2) is 0 Å². The molecule has 1 aromatic heterocycles. The van der Waals surface area contributed by atoms with Gasteiger partial charge in [0.1, 0.15) is 5.75 Å². The summed E-state index contributed by atoms with van der Waals surface area (Å²) in [7, 11) is 0. The average Bonchev–Trinajstić information content (AvgIpc) is 2.93. The molecule has 0 fully saturated rings. The van der Waals surface area contributed by atoms with Gasteiger partial charge < -0.3 is 10.0 Å². The standard InChI is InChI=1S/C14H17N3OS/c1-3-17(4-2)12-5-6-13(18)11(9-12)10-16-14-15-7-8-19-14/h5-10,18H,3-4H2,1-2H3. The molecular formula is C14H17N3OS. The Hall–Kier alpha value is -1.88. The molecule has 0 bridgehead atoms. The lowest BCUT2D eigenvalue weighted by molar-refractivity contribution is 0.474. The van der Waals surface area contributed by atoms with Gasteiger partial charge in [0.2, 0.25) is 5.13 Å². The van der Waals surface area contributed by atoms with Gasteiger partial charge in [0.25, 0.3) is 0 Å². The van der Waals surface area contributed by atoms with Crippen LogP contribution in [0.4, 0.5) is 10.8 Å². The van der Waals surface area contributed by atoms with Crippen LogP contribution in [0, 0.1) is 0 Å². The number of benzene rings is 1. The van der Waals surface area contributed by atoms with Gasteiger partial charge in [-0.3, -0.25) is 0 Å². The number of hydrogen-bond acceptors (Lipinski definition) is 5. The summed E-state index contributed by atoms with van der Waals surface area (Å²) in [6, 6.07) is 5.57. The normalized spacial score (nSPS) is 11.1. The lowest BCUT2D eigenvalue weighted by Crippen LogP contribution is -2.21. The Morgan fingerprint density at radius 3 is 2.79 bits per heavy atom. The number of aliphatic imine (C=N–C) groups is 1. The number of anilines is 1. The van der Waals surface area contributed by atoms with Gasteiger partial charge in [0, 0.05) is 42.1 Å². The van der Waals surface area contributed by atoms with Crippen molar-refractivity contribution in [2.45, 2.75) is 13.8 Å². The van der Waals surface area contributed by atoms with E-state index in [1.54, 1.807) is 18.5 Å². The largest absolute Gasteiger partial charge is 0.507 e. The number of aromatic hydroxyl groups is 1. The van der Waals surface area contributed by atoms with Gasteiger partial charge in [-0.1, -0.05) is 0 Å². The zero-order valence-corrected chi connectivity index (χ0v) is 11.9. The molecular weight excluding hydrogens is 258 g/mol. The van der Waals surface area contributed by atoms with Crippen LogP contribution < -0.4 is 4.90 Å². The van der Waals surface area contributed by atoms with E-state index in [4.69, 9.17) is 0 Å². The van der Waals surface area contributed by atoms with E-state index in [2.05, 4.69) is 28.7 Å². The first-order valence-electron chi connectivity index (χ1n) is 6.26. The van der Waals surface area contributed by atoms with E-state index in [1.165, 1.54) is 11.3 Å². The number of nitrogens with zero attached hydrogens (tertiary/aromatic N) is 3. The van der Waals surface area contributed by atoms with E-state index in [0.717, 1.165) is 18.8 Å². The molecule has 1 heterocycles. The SMILES string of the molecule is CCN(CC)c1ccc(O)c(C=Nc2nccs2)c1. The second kappa shape index (κ2) is 6.33. The maximum Gasteiger partial charge on any atom is 0.209 e. The van der Waals surface area contributed by atoms with Gasteiger partial charge in [-0.25, -0.2) is 9.98 Å².